The van der Waals surface area contributed by atoms with Crippen molar-refractivity contribution in [3.8, 4) is 5.82 Å². The number of hydrogen-bond donors (Lipinski definition) is 2. The van der Waals surface area contributed by atoms with E-state index in [-0.39, 0.29) is 33.7 Å². The van der Waals surface area contributed by atoms with E-state index in [4.69, 9.17) is 11.6 Å². The Morgan fingerprint density at radius 1 is 1.14 bits per heavy atom. The minimum Gasteiger partial charge on any atom is -0.354 e. The SMILES string of the molecule is CNC(=O)c1c(NC(=O)c2cc(N3CC(F)(F)C3)nn2-c2ncccc2Cl)c(C)cc2ccnn12. The molecule has 4 aromatic rings. The Hall–Kier alpha value is -4.06. The third kappa shape index (κ3) is 3.95. The van der Waals surface area contributed by atoms with Gasteiger partial charge in [-0.15, -0.1) is 5.10 Å². The number of aryl methyl sites for hydroxylation is 1. The van der Waals surface area contributed by atoms with Crippen molar-refractivity contribution < 1.29 is 18.4 Å². The molecule has 13 heteroatoms. The van der Waals surface area contributed by atoms with E-state index in [0.29, 0.717) is 11.1 Å². The molecular weight excluding hydrogens is 482 g/mol. The minimum absolute atomic E-state index is 0.00126. The van der Waals surface area contributed by atoms with Crippen LogP contribution in [-0.4, -0.2) is 62.3 Å². The number of nitrogens with zero attached hydrogens (tertiary/aromatic N) is 6. The van der Waals surface area contributed by atoms with Gasteiger partial charge in [-0.1, -0.05) is 11.6 Å². The van der Waals surface area contributed by atoms with Gasteiger partial charge in [-0.3, -0.25) is 9.59 Å². The lowest BCUT2D eigenvalue weighted by atomic mass is 10.1. The number of aromatic nitrogens is 5. The van der Waals surface area contributed by atoms with Crippen LogP contribution in [0.15, 0.2) is 42.7 Å². The molecule has 0 aromatic carbocycles. The van der Waals surface area contributed by atoms with Gasteiger partial charge in [0.1, 0.15) is 5.69 Å². The van der Waals surface area contributed by atoms with E-state index in [9.17, 15) is 18.4 Å². The van der Waals surface area contributed by atoms with Gasteiger partial charge in [0, 0.05) is 19.3 Å². The molecular formula is C22H19ClF2N8O2. The van der Waals surface area contributed by atoms with Crippen molar-refractivity contribution in [1.82, 2.24) is 29.7 Å². The first kappa shape index (κ1) is 22.7. The molecule has 0 spiro atoms. The van der Waals surface area contributed by atoms with Crippen molar-refractivity contribution >= 4 is 40.4 Å². The molecule has 0 atom stereocenters. The summed E-state index contributed by atoms with van der Waals surface area (Å²) in [6.07, 6.45) is 3.02. The number of fused-ring (bicyclic) bond motifs is 1. The molecule has 10 nitrogen and oxygen atoms in total. The molecule has 0 bridgehead atoms. The van der Waals surface area contributed by atoms with Gasteiger partial charge in [-0.05, 0) is 36.8 Å². The molecule has 5 heterocycles. The Morgan fingerprint density at radius 3 is 2.60 bits per heavy atom. The second-order valence-electron chi connectivity index (χ2n) is 8.07. The Labute approximate surface area is 202 Å². The van der Waals surface area contributed by atoms with Crippen molar-refractivity contribution in [2.45, 2.75) is 12.8 Å². The molecule has 0 saturated carbocycles. The van der Waals surface area contributed by atoms with E-state index in [1.54, 1.807) is 37.4 Å². The summed E-state index contributed by atoms with van der Waals surface area (Å²) < 4.78 is 29.6. The van der Waals surface area contributed by atoms with Crippen LogP contribution in [0.5, 0.6) is 0 Å². The first-order valence-electron chi connectivity index (χ1n) is 10.5. The molecule has 35 heavy (non-hydrogen) atoms. The zero-order valence-electron chi connectivity index (χ0n) is 18.6. The number of pyridine rings is 2. The number of amides is 2. The van der Waals surface area contributed by atoms with E-state index < -0.39 is 30.8 Å². The number of anilines is 2. The van der Waals surface area contributed by atoms with E-state index >= 15 is 0 Å². The maximum absolute atomic E-state index is 13.5. The number of nitrogens with one attached hydrogen (secondary N) is 2. The highest BCUT2D eigenvalue weighted by molar-refractivity contribution is 6.32. The maximum atomic E-state index is 13.5. The number of hydrogen-bond acceptors (Lipinski definition) is 6. The van der Waals surface area contributed by atoms with E-state index in [2.05, 4.69) is 25.8 Å². The summed E-state index contributed by atoms with van der Waals surface area (Å²) in [5.74, 6) is -3.59. The lowest BCUT2D eigenvalue weighted by molar-refractivity contribution is -0.0267. The quantitative estimate of drug-likeness (QED) is 0.436. The predicted octanol–water partition coefficient (Wildman–Crippen LogP) is 2.94. The van der Waals surface area contributed by atoms with Crippen LogP contribution < -0.4 is 15.5 Å². The van der Waals surface area contributed by atoms with Crippen LogP contribution in [0.2, 0.25) is 5.02 Å². The molecule has 0 radical (unpaired) electrons. The van der Waals surface area contributed by atoms with Gasteiger partial charge in [0.15, 0.2) is 17.3 Å². The number of rotatable bonds is 5. The summed E-state index contributed by atoms with van der Waals surface area (Å²) in [6.45, 7) is 0.712. The van der Waals surface area contributed by atoms with E-state index in [1.165, 1.54) is 33.4 Å². The molecule has 0 unspecified atom stereocenters. The van der Waals surface area contributed by atoms with E-state index in [0.717, 1.165) is 0 Å². The van der Waals surface area contributed by atoms with Crippen LogP contribution in [0, 0.1) is 6.92 Å². The number of carbonyl (C=O) groups is 2. The molecule has 5 rings (SSSR count). The standard InChI is InChI=1S/C22H19ClF2N8O2/c1-12-8-13-5-7-28-32(13)18(21(35)26-2)17(12)29-20(34)15-9-16(31-10-22(24,25)11-31)30-33(15)19-14(23)4-3-6-27-19/h3-9H,10-11H2,1-2H3,(H,26,35)(H,29,34). The summed E-state index contributed by atoms with van der Waals surface area (Å²) >= 11 is 6.29. The highest BCUT2D eigenvalue weighted by atomic mass is 35.5. The van der Waals surface area contributed by atoms with Gasteiger partial charge in [0.25, 0.3) is 17.7 Å². The van der Waals surface area contributed by atoms with Crippen LogP contribution in [0.3, 0.4) is 0 Å². The van der Waals surface area contributed by atoms with E-state index in [1.807, 2.05) is 0 Å². The first-order valence-corrected chi connectivity index (χ1v) is 10.9. The number of alkyl halides is 2. The molecule has 4 aromatic heterocycles. The topological polar surface area (TPSA) is 109 Å². The molecule has 180 valence electrons. The average molecular weight is 501 g/mol. The predicted molar refractivity (Wildman–Crippen MR) is 125 cm³/mol. The normalized spacial score (nSPS) is 14.6. The highest BCUT2D eigenvalue weighted by Crippen LogP contribution is 2.33. The molecule has 2 amide bonds. The second kappa shape index (κ2) is 8.31. The molecule has 1 aliphatic rings. The largest absolute Gasteiger partial charge is 0.354 e. The summed E-state index contributed by atoms with van der Waals surface area (Å²) in [4.78, 5) is 31.8. The minimum atomic E-state index is -2.83. The zero-order chi connectivity index (χ0) is 24.9. The van der Waals surface area contributed by atoms with Crippen LogP contribution in [-0.2, 0) is 0 Å². The molecule has 1 fully saturated rings. The second-order valence-corrected chi connectivity index (χ2v) is 8.48. The summed E-state index contributed by atoms with van der Waals surface area (Å²) in [5, 5.41) is 14.1. The van der Waals surface area contributed by atoms with Crippen molar-refractivity contribution in [1.29, 1.82) is 0 Å². The van der Waals surface area contributed by atoms with Gasteiger partial charge < -0.3 is 15.5 Å². The number of carbonyl (C=O) groups excluding carboxylic acids is 2. The Balaban J connectivity index is 1.59. The van der Waals surface area contributed by atoms with Crippen molar-refractivity contribution in [3.05, 3.63) is 64.7 Å². The van der Waals surface area contributed by atoms with Gasteiger partial charge in [0.05, 0.1) is 35.5 Å². The molecule has 1 aliphatic heterocycles. The maximum Gasteiger partial charge on any atom is 0.282 e. The fraction of sp³-hybridized carbons (Fsp3) is 0.227. The average Bonchev–Trinajstić information content (AvgIpc) is 3.44. The van der Waals surface area contributed by atoms with Gasteiger partial charge in [-0.25, -0.2) is 23.0 Å². The summed E-state index contributed by atoms with van der Waals surface area (Å²) in [7, 11) is 1.47. The van der Waals surface area contributed by atoms with Crippen LogP contribution in [0.25, 0.3) is 11.3 Å². The first-order chi connectivity index (χ1) is 16.7. The van der Waals surface area contributed by atoms with Crippen LogP contribution in [0.4, 0.5) is 20.3 Å². The fourth-order valence-electron chi connectivity index (χ4n) is 3.91. The lowest BCUT2D eigenvalue weighted by Crippen LogP contribution is -2.56. The summed E-state index contributed by atoms with van der Waals surface area (Å²) in [6, 6.07) is 8.08. The molecule has 0 aliphatic carbocycles. The van der Waals surface area contributed by atoms with Gasteiger partial charge in [-0.2, -0.15) is 5.10 Å². The van der Waals surface area contributed by atoms with Crippen LogP contribution in [0.1, 0.15) is 26.5 Å². The van der Waals surface area contributed by atoms with Crippen molar-refractivity contribution in [3.63, 3.8) is 0 Å². The third-order valence-electron chi connectivity index (χ3n) is 5.60. The number of halogens is 3. The Morgan fingerprint density at radius 2 is 1.91 bits per heavy atom. The van der Waals surface area contributed by atoms with Crippen LogP contribution >= 0.6 is 11.6 Å². The van der Waals surface area contributed by atoms with Gasteiger partial charge in [0.2, 0.25) is 0 Å². The Bertz CT molecular complexity index is 1470. The summed E-state index contributed by atoms with van der Waals surface area (Å²) in [5.41, 5.74) is 1.66. The third-order valence-corrected chi connectivity index (χ3v) is 5.89. The smallest absolute Gasteiger partial charge is 0.282 e. The Kier molecular flexibility index (Phi) is 5.39. The van der Waals surface area contributed by atoms with Crippen molar-refractivity contribution in [2.24, 2.45) is 0 Å². The molecule has 1 saturated heterocycles. The molecule has 2 N–H and O–H groups in total. The van der Waals surface area contributed by atoms with Crippen molar-refractivity contribution in [2.75, 3.05) is 30.4 Å². The van der Waals surface area contributed by atoms with Gasteiger partial charge >= 0.3 is 0 Å². The lowest BCUT2D eigenvalue weighted by Gasteiger charge is -2.38. The highest BCUT2D eigenvalue weighted by Gasteiger charge is 2.45. The zero-order valence-corrected chi connectivity index (χ0v) is 19.3. The fourth-order valence-corrected chi connectivity index (χ4v) is 4.12. The monoisotopic (exact) mass is 500 g/mol.